The highest BCUT2D eigenvalue weighted by atomic mass is 16.3. The maximum atomic E-state index is 10.4. The Balaban J connectivity index is 2.83. The van der Waals surface area contributed by atoms with Gasteiger partial charge in [-0.15, -0.1) is 0 Å². The topological polar surface area (TPSA) is 71.2 Å². The summed E-state index contributed by atoms with van der Waals surface area (Å²) in [4.78, 5) is 4.07. The summed E-state index contributed by atoms with van der Waals surface area (Å²) in [6, 6.07) is 1.90. The van der Waals surface area contributed by atoms with Gasteiger partial charge in [0.15, 0.2) is 0 Å². The van der Waals surface area contributed by atoms with E-state index in [2.05, 4.69) is 10.3 Å². The van der Waals surface area contributed by atoms with Crippen molar-refractivity contribution in [3.63, 3.8) is 0 Å². The second-order valence-corrected chi connectivity index (χ2v) is 4.32. The highest BCUT2D eigenvalue weighted by Crippen LogP contribution is 2.28. The molecule has 0 aliphatic heterocycles. The van der Waals surface area contributed by atoms with Gasteiger partial charge in [0.05, 0.1) is 5.60 Å². The molecule has 4 N–H and O–H groups in total. The Bertz CT molecular complexity index is 350. The third-order valence-electron chi connectivity index (χ3n) is 2.67. The molecule has 16 heavy (non-hydrogen) atoms. The summed E-state index contributed by atoms with van der Waals surface area (Å²) in [5.74, 6) is 0.409. The smallest absolute Gasteiger partial charge is 0.129 e. The summed E-state index contributed by atoms with van der Waals surface area (Å²) < 4.78 is 0. The van der Waals surface area contributed by atoms with Crippen LogP contribution in [0.3, 0.4) is 0 Å². The fraction of sp³-hybridized carbons (Fsp3) is 0.583. The van der Waals surface area contributed by atoms with Gasteiger partial charge in [-0.05, 0) is 45.0 Å². The highest BCUT2D eigenvalue weighted by molar-refractivity contribution is 5.44. The molecule has 0 saturated heterocycles. The summed E-state index contributed by atoms with van der Waals surface area (Å²) in [6.45, 7) is 7.42. The predicted molar refractivity (Wildman–Crippen MR) is 66.1 cm³/mol. The molecular weight excluding hydrogens is 202 g/mol. The standard InChI is InChI=1S/C12H21N3O/c1-4-14-6-5-12(3,16)10-7-9(2)8-15-11(10)13/h7-8,14,16H,4-6H2,1-3H3,(H2,13,15). The fourth-order valence-electron chi connectivity index (χ4n) is 1.65. The van der Waals surface area contributed by atoms with Crippen molar-refractivity contribution in [3.8, 4) is 0 Å². The Labute approximate surface area is 96.9 Å². The van der Waals surface area contributed by atoms with E-state index in [-0.39, 0.29) is 0 Å². The molecule has 0 amide bonds. The SMILES string of the molecule is CCNCCC(C)(O)c1cc(C)cnc1N. The van der Waals surface area contributed by atoms with Crippen LogP contribution in [0, 0.1) is 6.92 Å². The summed E-state index contributed by atoms with van der Waals surface area (Å²) in [7, 11) is 0. The first kappa shape index (κ1) is 12.9. The number of aliphatic hydroxyl groups is 1. The van der Waals surface area contributed by atoms with Gasteiger partial charge in [-0.2, -0.15) is 0 Å². The molecule has 0 bridgehead atoms. The van der Waals surface area contributed by atoms with Gasteiger partial charge in [-0.25, -0.2) is 4.98 Å². The lowest BCUT2D eigenvalue weighted by Gasteiger charge is -2.25. The van der Waals surface area contributed by atoms with Crippen molar-refractivity contribution in [1.82, 2.24) is 10.3 Å². The predicted octanol–water partition coefficient (Wildman–Crippen LogP) is 1.18. The highest BCUT2D eigenvalue weighted by Gasteiger charge is 2.25. The second kappa shape index (κ2) is 5.27. The van der Waals surface area contributed by atoms with Gasteiger partial charge in [0.2, 0.25) is 0 Å². The summed E-state index contributed by atoms with van der Waals surface area (Å²) in [6.07, 6.45) is 2.33. The normalized spacial score (nSPS) is 14.8. The van der Waals surface area contributed by atoms with E-state index in [0.29, 0.717) is 17.8 Å². The van der Waals surface area contributed by atoms with Gasteiger partial charge < -0.3 is 16.2 Å². The molecule has 0 aliphatic carbocycles. The third kappa shape index (κ3) is 3.18. The van der Waals surface area contributed by atoms with E-state index in [9.17, 15) is 5.11 Å². The van der Waals surface area contributed by atoms with Gasteiger partial charge in [0, 0.05) is 11.8 Å². The lowest BCUT2D eigenvalue weighted by molar-refractivity contribution is 0.0486. The number of nitrogen functional groups attached to an aromatic ring is 1. The molecule has 1 unspecified atom stereocenters. The van der Waals surface area contributed by atoms with Crippen molar-refractivity contribution >= 4 is 5.82 Å². The van der Waals surface area contributed by atoms with Crippen LogP contribution in [-0.2, 0) is 5.60 Å². The van der Waals surface area contributed by atoms with E-state index in [1.165, 1.54) is 0 Å². The summed E-state index contributed by atoms with van der Waals surface area (Å²) in [5.41, 5.74) is 6.58. The van der Waals surface area contributed by atoms with Crippen LogP contribution in [0.5, 0.6) is 0 Å². The first-order valence-electron chi connectivity index (χ1n) is 5.63. The maximum Gasteiger partial charge on any atom is 0.129 e. The van der Waals surface area contributed by atoms with Crippen LogP contribution >= 0.6 is 0 Å². The third-order valence-corrected chi connectivity index (χ3v) is 2.67. The second-order valence-electron chi connectivity index (χ2n) is 4.32. The Morgan fingerprint density at radius 3 is 2.88 bits per heavy atom. The summed E-state index contributed by atoms with van der Waals surface area (Å²) >= 11 is 0. The summed E-state index contributed by atoms with van der Waals surface area (Å²) in [5, 5.41) is 13.5. The molecule has 1 aromatic heterocycles. The number of anilines is 1. The fourth-order valence-corrected chi connectivity index (χ4v) is 1.65. The van der Waals surface area contributed by atoms with Crippen molar-refractivity contribution in [3.05, 3.63) is 23.4 Å². The van der Waals surface area contributed by atoms with Crippen LogP contribution in [0.25, 0.3) is 0 Å². The van der Waals surface area contributed by atoms with E-state index >= 15 is 0 Å². The number of nitrogens with zero attached hydrogens (tertiary/aromatic N) is 1. The van der Waals surface area contributed by atoms with Crippen molar-refractivity contribution in [2.24, 2.45) is 0 Å². The average molecular weight is 223 g/mol. The average Bonchev–Trinajstić information content (AvgIpc) is 2.22. The minimum absolute atomic E-state index is 0.409. The van der Waals surface area contributed by atoms with Gasteiger partial charge in [-0.3, -0.25) is 0 Å². The van der Waals surface area contributed by atoms with E-state index < -0.39 is 5.60 Å². The zero-order valence-corrected chi connectivity index (χ0v) is 10.2. The van der Waals surface area contributed by atoms with Crippen LogP contribution in [0.2, 0.25) is 0 Å². The molecule has 1 rings (SSSR count). The van der Waals surface area contributed by atoms with E-state index in [4.69, 9.17) is 5.73 Å². The molecule has 0 spiro atoms. The number of nitrogens with one attached hydrogen (secondary N) is 1. The first-order valence-corrected chi connectivity index (χ1v) is 5.63. The number of pyridine rings is 1. The van der Waals surface area contributed by atoms with Crippen molar-refractivity contribution in [2.45, 2.75) is 32.8 Å². The van der Waals surface area contributed by atoms with Gasteiger partial charge in [-0.1, -0.05) is 6.92 Å². The van der Waals surface area contributed by atoms with Crippen molar-refractivity contribution < 1.29 is 5.11 Å². The van der Waals surface area contributed by atoms with Crippen LogP contribution in [0.15, 0.2) is 12.3 Å². The molecule has 4 nitrogen and oxygen atoms in total. The molecule has 90 valence electrons. The molecule has 1 heterocycles. The molecule has 0 aromatic carbocycles. The Hall–Kier alpha value is -1.13. The zero-order valence-electron chi connectivity index (χ0n) is 10.2. The molecule has 0 fully saturated rings. The lowest BCUT2D eigenvalue weighted by Crippen LogP contribution is -2.29. The van der Waals surface area contributed by atoms with Gasteiger partial charge in [0.25, 0.3) is 0 Å². The number of rotatable bonds is 5. The lowest BCUT2D eigenvalue weighted by atomic mass is 9.92. The number of aromatic nitrogens is 1. The molecule has 4 heteroatoms. The Morgan fingerprint density at radius 1 is 1.56 bits per heavy atom. The first-order chi connectivity index (χ1) is 7.47. The van der Waals surface area contributed by atoms with Crippen molar-refractivity contribution in [1.29, 1.82) is 0 Å². The quantitative estimate of drug-likeness (QED) is 0.655. The van der Waals surface area contributed by atoms with E-state index in [0.717, 1.165) is 18.7 Å². The largest absolute Gasteiger partial charge is 0.385 e. The number of nitrogens with two attached hydrogens (primary N) is 1. The molecule has 1 aromatic rings. The van der Waals surface area contributed by atoms with Crippen LogP contribution < -0.4 is 11.1 Å². The number of hydrogen-bond acceptors (Lipinski definition) is 4. The van der Waals surface area contributed by atoms with E-state index in [1.54, 1.807) is 13.1 Å². The Morgan fingerprint density at radius 2 is 2.25 bits per heavy atom. The molecular formula is C12H21N3O. The zero-order chi connectivity index (χ0) is 12.2. The van der Waals surface area contributed by atoms with E-state index in [1.807, 2.05) is 19.9 Å². The molecule has 0 aliphatic rings. The monoisotopic (exact) mass is 223 g/mol. The minimum atomic E-state index is -0.925. The molecule has 0 saturated carbocycles. The number of hydrogen-bond donors (Lipinski definition) is 3. The van der Waals surface area contributed by atoms with Crippen LogP contribution in [0.4, 0.5) is 5.82 Å². The minimum Gasteiger partial charge on any atom is -0.385 e. The Kier molecular flexibility index (Phi) is 4.26. The number of aryl methyl sites for hydroxylation is 1. The van der Waals surface area contributed by atoms with Crippen LogP contribution in [0.1, 0.15) is 31.4 Å². The molecule has 1 atom stereocenters. The maximum absolute atomic E-state index is 10.4. The van der Waals surface area contributed by atoms with Gasteiger partial charge >= 0.3 is 0 Å². The van der Waals surface area contributed by atoms with Gasteiger partial charge in [0.1, 0.15) is 5.82 Å². The molecule has 0 radical (unpaired) electrons. The van der Waals surface area contributed by atoms with Crippen molar-refractivity contribution in [2.75, 3.05) is 18.8 Å². The van der Waals surface area contributed by atoms with Crippen LogP contribution in [-0.4, -0.2) is 23.2 Å².